The molecular weight excluding hydrogens is 396 g/mol. The van der Waals surface area contributed by atoms with Crippen LogP contribution in [-0.4, -0.2) is 89.6 Å². The van der Waals surface area contributed by atoms with Crippen molar-refractivity contribution in [3.8, 4) is 0 Å². The van der Waals surface area contributed by atoms with Crippen molar-refractivity contribution in [2.75, 3.05) is 59.5 Å². The first kappa shape index (κ1) is 23.3. The number of carbonyl (C=O) groups excluding carboxylic acids is 2. The van der Waals surface area contributed by atoms with E-state index in [0.29, 0.717) is 58.0 Å². The van der Waals surface area contributed by atoms with E-state index in [1.165, 1.54) is 24.3 Å². The molecule has 0 aromatic heterocycles. The van der Waals surface area contributed by atoms with Crippen molar-refractivity contribution < 1.29 is 22.7 Å². The molecule has 29 heavy (non-hydrogen) atoms. The lowest BCUT2D eigenvalue weighted by atomic mass is 10.2. The van der Waals surface area contributed by atoms with Crippen LogP contribution in [0.3, 0.4) is 0 Å². The van der Waals surface area contributed by atoms with Gasteiger partial charge in [-0.1, -0.05) is 6.92 Å². The number of nitrogens with zero attached hydrogens (tertiary/aromatic N) is 2. The SMILES string of the molecule is CCNS(=O)(=O)c1ccc(C(=O)N2CCN(CC(=O)NCCCOC)CC2)cc1. The zero-order chi connectivity index (χ0) is 21.3. The van der Waals surface area contributed by atoms with E-state index in [2.05, 4.69) is 10.0 Å². The van der Waals surface area contributed by atoms with Crippen LogP contribution in [0.2, 0.25) is 0 Å². The van der Waals surface area contributed by atoms with Crippen molar-refractivity contribution >= 4 is 21.8 Å². The number of sulfonamides is 1. The molecule has 0 atom stereocenters. The minimum atomic E-state index is -3.53. The summed E-state index contributed by atoms with van der Waals surface area (Å²) in [6, 6.07) is 5.95. The molecule has 162 valence electrons. The molecule has 1 heterocycles. The number of amides is 2. The Hall–Kier alpha value is -2.01. The average Bonchev–Trinajstić information content (AvgIpc) is 2.71. The van der Waals surface area contributed by atoms with Gasteiger partial charge in [-0.3, -0.25) is 14.5 Å². The van der Waals surface area contributed by atoms with E-state index in [4.69, 9.17) is 4.74 Å². The molecule has 1 aromatic carbocycles. The summed E-state index contributed by atoms with van der Waals surface area (Å²) in [6.45, 7) is 5.80. The van der Waals surface area contributed by atoms with Crippen molar-refractivity contribution in [3.05, 3.63) is 29.8 Å². The Balaban J connectivity index is 1.82. The van der Waals surface area contributed by atoms with Gasteiger partial charge in [-0.25, -0.2) is 13.1 Å². The Bertz CT molecular complexity index is 774. The molecule has 0 saturated carbocycles. The summed E-state index contributed by atoms with van der Waals surface area (Å²) in [6.07, 6.45) is 0.777. The molecule has 1 saturated heterocycles. The number of nitrogens with one attached hydrogen (secondary N) is 2. The van der Waals surface area contributed by atoms with Crippen LogP contribution in [0.25, 0.3) is 0 Å². The van der Waals surface area contributed by atoms with Gasteiger partial charge in [0, 0.05) is 58.5 Å². The standard InChI is InChI=1S/C19H30N4O5S/c1-3-21-29(26,27)17-7-5-16(6-8-17)19(25)23-12-10-22(11-13-23)15-18(24)20-9-4-14-28-2/h5-8,21H,3-4,9-15H2,1-2H3,(H,20,24). The van der Waals surface area contributed by atoms with Crippen LogP contribution in [-0.2, 0) is 19.6 Å². The van der Waals surface area contributed by atoms with E-state index in [-0.39, 0.29) is 16.7 Å². The summed E-state index contributed by atoms with van der Waals surface area (Å²) in [5.41, 5.74) is 0.449. The number of benzene rings is 1. The number of methoxy groups -OCH3 is 1. The van der Waals surface area contributed by atoms with E-state index in [9.17, 15) is 18.0 Å². The van der Waals surface area contributed by atoms with Crippen LogP contribution < -0.4 is 10.0 Å². The summed E-state index contributed by atoms with van der Waals surface area (Å²) in [5.74, 6) is -0.167. The molecule has 0 bridgehead atoms. The van der Waals surface area contributed by atoms with Gasteiger partial charge < -0.3 is 15.0 Å². The number of hydrogen-bond donors (Lipinski definition) is 2. The highest BCUT2D eigenvalue weighted by atomic mass is 32.2. The van der Waals surface area contributed by atoms with Gasteiger partial charge in [-0.15, -0.1) is 0 Å². The van der Waals surface area contributed by atoms with E-state index >= 15 is 0 Å². The van der Waals surface area contributed by atoms with E-state index in [1.807, 2.05) is 4.90 Å². The summed E-state index contributed by atoms with van der Waals surface area (Å²) in [7, 11) is -1.91. The Morgan fingerprint density at radius 3 is 2.34 bits per heavy atom. The molecule has 2 N–H and O–H groups in total. The fraction of sp³-hybridized carbons (Fsp3) is 0.579. The Labute approximate surface area is 172 Å². The number of hydrogen-bond acceptors (Lipinski definition) is 6. The second-order valence-corrected chi connectivity index (χ2v) is 8.56. The minimum absolute atomic E-state index is 0.0293. The number of piperazine rings is 1. The van der Waals surface area contributed by atoms with Crippen molar-refractivity contribution in [2.45, 2.75) is 18.2 Å². The third-order valence-corrected chi connectivity index (χ3v) is 6.18. The zero-order valence-corrected chi connectivity index (χ0v) is 17.8. The summed E-state index contributed by atoms with van der Waals surface area (Å²) >= 11 is 0. The zero-order valence-electron chi connectivity index (χ0n) is 17.0. The van der Waals surface area contributed by atoms with Crippen molar-refractivity contribution in [1.82, 2.24) is 19.8 Å². The van der Waals surface area contributed by atoms with Crippen molar-refractivity contribution in [2.24, 2.45) is 0 Å². The molecule has 2 amide bonds. The number of ether oxygens (including phenoxy) is 1. The molecule has 1 aliphatic heterocycles. The summed E-state index contributed by atoms with van der Waals surface area (Å²) in [4.78, 5) is 28.5. The van der Waals surface area contributed by atoms with Gasteiger partial charge in [-0.2, -0.15) is 0 Å². The highest BCUT2D eigenvalue weighted by Gasteiger charge is 2.23. The molecule has 0 spiro atoms. The Morgan fingerprint density at radius 1 is 1.10 bits per heavy atom. The van der Waals surface area contributed by atoms with Gasteiger partial charge >= 0.3 is 0 Å². The van der Waals surface area contributed by atoms with Gasteiger partial charge in [-0.05, 0) is 30.7 Å². The van der Waals surface area contributed by atoms with Crippen LogP contribution in [0.4, 0.5) is 0 Å². The predicted molar refractivity (Wildman–Crippen MR) is 109 cm³/mol. The largest absolute Gasteiger partial charge is 0.385 e. The number of rotatable bonds is 10. The molecule has 9 nitrogen and oxygen atoms in total. The van der Waals surface area contributed by atoms with Gasteiger partial charge in [0.25, 0.3) is 5.91 Å². The first-order chi connectivity index (χ1) is 13.9. The molecule has 0 unspecified atom stereocenters. The third kappa shape index (κ3) is 7.07. The van der Waals surface area contributed by atoms with Crippen LogP contribution in [0.5, 0.6) is 0 Å². The van der Waals surface area contributed by atoms with Crippen LogP contribution >= 0.6 is 0 Å². The fourth-order valence-electron chi connectivity index (χ4n) is 3.04. The lowest BCUT2D eigenvalue weighted by molar-refractivity contribution is -0.122. The lowest BCUT2D eigenvalue weighted by Crippen LogP contribution is -2.51. The second-order valence-electron chi connectivity index (χ2n) is 6.79. The van der Waals surface area contributed by atoms with E-state index < -0.39 is 10.0 Å². The molecule has 2 rings (SSSR count). The van der Waals surface area contributed by atoms with Crippen LogP contribution in [0, 0.1) is 0 Å². The topological polar surface area (TPSA) is 108 Å². The van der Waals surface area contributed by atoms with Gasteiger partial charge in [0.1, 0.15) is 0 Å². The van der Waals surface area contributed by atoms with Crippen molar-refractivity contribution in [1.29, 1.82) is 0 Å². The molecule has 10 heteroatoms. The smallest absolute Gasteiger partial charge is 0.253 e. The van der Waals surface area contributed by atoms with E-state index in [0.717, 1.165) is 6.42 Å². The molecule has 1 fully saturated rings. The normalized spacial score (nSPS) is 15.3. The quantitative estimate of drug-likeness (QED) is 0.506. The molecule has 1 aliphatic rings. The van der Waals surface area contributed by atoms with E-state index in [1.54, 1.807) is 18.9 Å². The first-order valence-corrected chi connectivity index (χ1v) is 11.2. The molecule has 0 aliphatic carbocycles. The maximum absolute atomic E-state index is 12.7. The van der Waals surface area contributed by atoms with Crippen LogP contribution in [0.1, 0.15) is 23.7 Å². The van der Waals surface area contributed by atoms with Gasteiger partial charge in [0.2, 0.25) is 15.9 Å². The Kier molecular flexibility index (Phi) is 9.02. The van der Waals surface area contributed by atoms with Gasteiger partial charge in [0.05, 0.1) is 11.4 Å². The van der Waals surface area contributed by atoms with Crippen LogP contribution in [0.15, 0.2) is 29.2 Å². The highest BCUT2D eigenvalue weighted by molar-refractivity contribution is 7.89. The highest BCUT2D eigenvalue weighted by Crippen LogP contribution is 2.13. The average molecular weight is 427 g/mol. The monoisotopic (exact) mass is 426 g/mol. The number of carbonyl (C=O) groups is 2. The maximum atomic E-state index is 12.7. The molecule has 0 radical (unpaired) electrons. The minimum Gasteiger partial charge on any atom is -0.385 e. The van der Waals surface area contributed by atoms with Crippen molar-refractivity contribution in [3.63, 3.8) is 0 Å². The third-order valence-electron chi connectivity index (χ3n) is 4.62. The molecule has 1 aromatic rings. The fourth-order valence-corrected chi connectivity index (χ4v) is 4.09. The van der Waals surface area contributed by atoms with Gasteiger partial charge in [0.15, 0.2) is 0 Å². The summed E-state index contributed by atoms with van der Waals surface area (Å²) < 4.78 is 31.3. The summed E-state index contributed by atoms with van der Waals surface area (Å²) in [5, 5.41) is 2.86. The second kappa shape index (κ2) is 11.2. The lowest BCUT2D eigenvalue weighted by Gasteiger charge is -2.34. The predicted octanol–water partition coefficient (Wildman–Crippen LogP) is -0.105. The first-order valence-electron chi connectivity index (χ1n) is 9.74. The molecular formula is C19H30N4O5S. The maximum Gasteiger partial charge on any atom is 0.253 e. The Morgan fingerprint density at radius 2 is 1.76 bits per heavy atom.